The van der Waals surface area contributed by atoms with E-state index >= 15 is 0 Å². The lowest BCUT2D eigenvalue weighted by atomic mass is 10.2. The Morgan fingerprint density at radius 2 is 1.61 bits per heavy atom. The normalized spacial score (nSPS) is 11.2. The number of ether oxygens (including phenoxy) is 3. The van der Waals surface area contributed by atoms with Crippen LogP contribution >= 0.6 is 11.6 Å². The first-order valence-corrected chi connectivity index (χ1v) is 15.5. The second-order valence-corrected chi connectivity index (χ2v) is 11.3. The summed E-state index contributed by atoms with van der Waals surface area (Å²) in [6.45, 7) is 4.70. The van der Waals surface area contributed by atoms with Gasteiger partial charge in [0.15, 0.2) is 11.5 Å². The van der Waals surface area contributed by atoms with Crippen LogP contribution in [0.1, 0.15) is 46.5 Å². The molecular formula is C32H30ClN3O7S. The van der Waals surface area contributed by atoms with Gasteiger partial charge in [0.1, 0.15) is 5.75 Å². The Morgan fingerprint density at radius 3 is 2.32 bits per heavy atom. The third kappa shape index (κ3) is 8.59. The van der Waals surface area contributed by atoms with Gasteiger partial charge in [-0.25, -0.2) is 18.6 Å². The van der Waals surface area contributed by atoms with Crippen LogP contribution in [0.2, 0.25) is 5.02 Å². The van der Waals surface area contributed by atoms with Gasteiger partial charge < -0.3 is 14.2 Å². The van der Waals surface area contributed by atoms with Crippen molar-refractivity contribution in [1.82, 2.24) is 5.43 Å². The van der Waals surface area contributed by atoms with Gasteiger partial charge >= 0.3 is 5.97 Å². The van der Waals surface area contributed by atoms with Crippen molar-refractivity contribution in [2.24, 2.45) is 5.10 Å². The van der Waals surface area contributed by atoms with Gasteiger partial charge in [-0.05, 0) is 97.8 Å². The zero-order chi connectivity index (χ0) is 31.5. The maximum absolute atomic E-state index is 12.9. The minimum absolute atomic E-state index is 0.00993. The minimum Gasteiger partial charge on any atom is -0.494 e. The van der Waals surface area contributed by atoms with E-state index in [1.807, 2.05) is 6.92 Å². The fourth-order valence-corrected chi connectivity index (χ4v) is 5.04. The van der Waals surface area contributed by atoms with Crippen molar-refractivity contribution in [2.75, 3.05) is 17.9 Å². The molecule has 4 aromatic rings. The molecular weight excluding hydrogens is 606 g/mol. The Kier molecular flexibility index (Phi) is 11.0. The van der Waals surface area contributed by atoms with Crippen molar-refractivity contribution >= 4 is 45.4 Å². The first-order valence-electron chi connectivity index (χ1n) is 13.6. The van der Waals surface area contributed by atoms with Gasteiger partial charge in [0.25, 0.3) is 15.9 Å². The number of hydrogen-bond acceptors (Lipinski definition) is 8. The van der Waals surface area contributed by atoms with Gasteiger partial charge in [0.2, 0.25) is 0 Å². The number of nitrogens with zero attached hydrogens (tertiary/aromatic N) is 1. The summed E-state index contributed by atoms with van der Waals surface area (Å²) in [6.07, 6.45) is 2.25. The molecule has 44 heavy (non-hydrogen) atoms. The lowest BCUT2D eigenvalue weighted by molar-refractivity contribution is 0.0728. The highest BCUT2D eigenvalue weighted by molar-refractivity contribution is 7.92. The van der Waals surface area contributed by atoms with E-state index in [2.05, 4.69) is 15.2 Å². The number of carbonyl (C=O) groups excluding carboxylic acids is 2. The van der Waals surface area contributed by atoms with Gasteiger partial charge in [0.05, 0.1) is 41.1 Å². The summed E-state index contributed by atoms with van der Waals surface area (Å²) in [5.74, 6) is -0.0199. The third-order valence-electron chi connectivity index (χ3n) is 5.95. The predicted octanol–water partition coefficient (Wildman–Crippen LogP) is 6.31. The van der Waals surface area contributed by atoms with E-state index in [1.165, 1.54) is 42.6 Å². The summed E-state index contributed by atoms with van der Waals surface area (Å²) >= 11 is 5.86. The van der Waals surface area contributed by atoms with E-state index in [1.54, 1.807) is 61.5 Å². The molecule has 10 nitrogen and oxygen atoms in total. The van der Waals surface area contributed by atoms with Gasteiger partial charge in [-0.15, -0.1) is 0 Å². The van der Waals surface area contributed by atoms with Crippen LogP contribution in [0.25, 0.3) is 0 Å². The van der Waals surface area contributed by atoms with Crippen LogP contribution in [0.5, 0.6) is 17.2 Å². The van der Waals surface area contributed by atoms with Gasteiger partial charge in [0, 0.05) is 5.02 Å². The molecule has 1 amide bonds. The highest BCUT2D eigenvalue weighted by Crippen LogP contribution is 2.29. The van der Waals surface area contributed by atoms with Crippen molar-refractivity contribution in [3.63, 3.8) is 0 Å². The van der Waals surface area contributed by atoms with Crippen LogP contribution in [-0.2, 0) is 10.0 Å². The van der Waals surface area contributed by atoms with Crippen LogP contribution in [-0.4, -0.2) is 39.7 Å². The first-order chi connectivity index (χ1) is 21.2. The molecule has 0 saturated heterocycles. The molecule has 0 radical (unpaired) electrons. The van der Waals surface area contributed by atoms with Crippen LogP contribution in [0, 0.1) is 0 Å². The van der Waals surface area contributed by atoms with Gasteiger partial charge in [-0.2, -0.15) is 5.10 Å². The molecule has 228 valence electrons. The number of sulfonamides is 1. The Labute approximate surface area is 260 Å². The summed E-state index contributed by atoms with van der Waals surface area (Å²) in [5.41, 5.74) is 3.42. The van der Waals surface area contributed by atoms with E-state index in [9.17, 15) is 18.0 Å². The highest BCUT2D eigenvalue weighted by atomic mass is 35.5. The van der Waals surface area contributed by atoms with Crippen molar-refractivity contribution in [1.29, 1.82) is 0 Å². The topological polar surface area (TPSA) is 132 Å². The number of para-hydroxylation sites is 1. The lowest BCUT2D eigenvalue weighted by Crippen LogP contribution is -2.21. The zero-order valence-corrected chi connectivity index (χ0v) is 25.5. The van der Waals surface area contributed by atoms with Gasteiger partial charge in [-0.1, -0.05) is 30.7 Å². The molecule has 0 aromatic heterocycles. The number of amides is 1. The maximum atomic E-state index is 12.9. The molecule has 12 heteroatoms. The van der Waals surface area contributed by atoms with Crippen molar-refractivity contribution in [3.8, 4) is 17.2 Å². The third-order valence-corrected chi connectivity index (χ3v) is 7.59. The summed E-state index contributed by atoms with van der Waals surface area (Å²) in [7, 11) is -3.98. The highest BCUT2D eigenvalue weighted by Gasteiger charge is 2.19. The molecule has 0 unspecified atom stereocenters. The van der Waals surface area contributed by atoms with Crippen LogP contribution in [0.3, 0.4) is 0 Å². The Hall–Kier alpha value is -4.87. The van der Waals surface area contributed by atoms with E-state index in [0.29, 0.717) is 40.9 Å². The second kappa shape index (κ2) is 15.0. The van der Waals surface area contributed by atoms with Crippen LogP contribution in [0.4, 0.5) is 5.69 Å². The predicted molar refractivity (Wildman–Crippen MR) is 169 cm³/mol. The molecule has 0 aliphatic heterocycles. The number of hydrazone groups is 1. The number of rotatable bonds is 13. The van der Waals surface area contributed by atoms with E-state index in [0.717, 1.165) is 6.42 Å². The molecule has 4 rings (SSSR count). The van der Waals surface area contributed by atoms with Crippen molar-refractivity contribution in [3.05, 3.63) is 113 Å². The molecule has 0 bridgehead atoms. The maximum Gasteiger partial charge on any atom is 0.343 e. The molecule has 0 fully saturated rings. The largest absolute Gasteiger partial charge is 0.494 e. The smallest absolute Gasteiger partial charge is 0.343 e. The van der Waals surface area contributed by atoms with E-state index < -0.39 is 21.9 Å². The molecule has 0 heterocycles. The monoisotopic (exact) mass is 635 g/mol. The average molecular weight is 636 g/mol. The fourth-order valence-electron chi connectivity index (χ4n) is 3.84. The first kappa shape index (κ1) is 32.1. The number of carbonyl (C=O) groups is 2. The molecule has 0 saturated carbocycles. The van der Waals surface area contributed by atoms with Crippen molar-refractivity contribution < 1.29 is 32.2 Å². The van der Waals surface area contributed by atoms with Gasteiger partial charge in [-0.3, -0.25) is 9.52 Å². The standard InChI is InChI=1S/C32H30ClN3O7S/c1-3-19-42-25-14-10-23(11-15-25)32(38)43-29-18-9-22(20-30(29)41-4-2)21-34-35-31(37)27-7-5-6-8-28(27)36-44(39,40)26-16-12-24(33)13-17-26/h5-18,20-21,36H,3-4,19H2,1-2H3,(H,35,37). The molecule has 0 aliphatic rings. The number of esters is 1. The zero-order valence-electron chi connectivity index (χ0n) is 24.0. The molecule has 2 N–H and O–H groups in total. The number of nitrogens with one attached hydrogen (secondary N) is 2. The quantitative estimate of drug-likeness (QED) is 0.0761. The lowest BCUT2D eigenvalue weighted by Gasteiger charge is -2.12. The Bertz CT molecular complexity index is 1740. The summed E-state index contributed by atoms with van der Waals surface area (Å²) < 4.78 is 44.9. The fraction of sp³-hybridized carbons (Fsp3) is 0.156. The number of halogens is 1. The summed E-state index contributed by atoms with van der Waals surface area (Å²) in [5, 5.41) is 4.39. The number of hydrogen-bond donors (Lipinski definition) is 2. The van der Waals surface area contributed by atoms with E-state index in [4.69, 9.17) is 25.8 Å². The molecule has 0 spiro atoms. The Morgan fingerprint density at radius 1 is 0.886 bits per heavy atom. The van der Waals surface area contributed by atoms with E-state index in [-0.39, 0.29) is 21.9 Å². The Balaban J connectivity index is 1.43. The van der Waals surface area contributed by atoms with Crippen LogP contribution < -0.4 is 24.4 Å². The molecule has 0 atom stereocenters. The second-order valence-electron chi connectivity index (χ2n) is 9.21. The average Bonchev–Trinajstić information content (AvgIpc) is 3.02. The summed E-state index contributed by atoms with van der Waals surface area (Å²) in [6, 6.07) is 23.2. The van der Waals surface area contributed by atoms with Crippen molar-refractivity contribution in [2.45, 2.75) is 25.2 Å². The SMILES string of the molecule is CCCOc1ccc(C(=O)Oc2ccc(C=NNC(=O)c3ccccc3NS(=O)(=O)c3ccc(Cl)cc3)cc2OCC)cc1. The van der Waals surface area contributed by atoms with Crippen LogP contribution in [0.15, 0.2) is 101 Å². The number of anilines is 1. The minimum atomic E-state index is -3.98. The molecule has 4 aromatic carbocycles. The number of benzene rings is 4. The molecule has 0 aliphatic carbocycles. The summed E-state index contributed by atoms with van der Waals surface area (Å²) in [4.78, 5) is 25.6.